The summed E-state index contributed by atoms with van der Waals surface area (Å²) in [6.07, 6.45) is 0.965. The van der Waals surface area contributed by atoms with Crippen LogP contribution >= 0.6 is 0 Å². The summed E-state index contributed by atoms with van der Waals surface area (Å²) in [5.41, 5.74) is 4.04. The van der Waals surface area contributed by atoms with Crippen molar-refractivity contribution in [2.75, 3.05) is 17.7 Å². The Balaban J connectivity index is 1.57. The molecule has 1 aliphatic carbocycles. The number of nitro groups is 1. The minimum absolute atomic E-state index is 0.0107. The third-order valence-electron chi connectivity index (χ3n) is 5.97. The number of benzene rings is 2. The van der Waals surface area contributed by atoms with Gasteiger partial charge in [-0.25, -0.2) is 0 Å². The maximum absolute atomic E-state index is 13.4. The summed E-state index contributed by atoms with van der Waals surface area (Å²) in [7, 11) is 1.62. The first kappa shape index (κ1) is 19.9. The zero-order valence-electron chi connectivity index (χ0n) is 17.3. The summed E-state index contributed by atoms with van der Waals surface area (Å²) in [6.45, 7) is 0. The number of allylic oxidation sites excluding steroid dienone is 1. The van der Waals surface area contributed by atoms with Crippen LogP contribution in [0.25, 0.3) is 0 Å². The lowest BCUT2D eigenvalue weighted by Crippen LogP contribution is -2.26. The summed E-state index contributed by atoms with van der Waals surface area (Å²) < 4.78 is 10.7. The molecule has 162 valence electrons. The van der Waals surface area contributed by atoms with Crippen LogP contribution in [-0.2, 0) is 4.79 Å². The second-order valence-corrected chi connectivity index (χ2v) is 7.87. The molecule has 0 amide bonds. The summed E-state index contributed by atoms with van der Waals surface area (Å²) in [6, 6.07) is 17.6. The zero-order valence-corrected chi connectivity index (χ0v) is 17.3. The van der Waals surface area contributed by atoms with Crippen molar-refractivity contribution in [3.63, 3.8) is 0 Å². The molecule has 3 aromatic rings. The number of carbonyl (C=O) groups excluding carboxylic acids is 1. The van der Waals surface area contributed by atoms with Crippen molar-refractivity contribution in [3.8, 4) is 5.75 Å². The van der Waals surface area contributed by atoms with Crippen LogP contribution in [0.5, 0.6) is 5.75 Å². The summed E-state index contributed by atoms with van der Waals surface area (Å²) in [5.74, 6) is 0.731. The molecule has 8 nitrogen and oxygen atoms in total. The van der Waals surface area contributed by atoms with Gasteiger partial charge < -0.3 is 19.8 Å². The minimum atomic E-state index is -0.626. The van der Waals surface area contributed by atoms with Crippen LogP contribution in [0.3, 0.4) is 0 Å². The number of hydrogen-bond acceptors (Lipinski definition) is 7. The number of carbonyl (C=O) groups is 1. The molecule has 0 saturated carbocycles. The number of ether oxygens (including phenoxy) is 1. The molecule has 8 heteroatoms. The normalized spacial score (nSPS) is 19.8. The van der Waals surface area contributed by atoms with E-state index in [1.807, 2.05) is 48.5 Å². The number of rotatable bonds is 4. The molecule has 0 fully saturated rings. The van der Waals surface area contributed by atoms with Crippen molar-refractivity contribution < 1.29 is 18.9 Å². The summed E-state index contributed by atoms with van der Waals surface area (Å²) >= 11 is 0. The first-order chi connectivity index (χ1) is 15.5. The highest BCUT2D eigenvalue weighted by atomic mass is 16.6. The lowest BCUT2D eigenvalue weighted by molar-refractivity contribution is -0.402. The number of fused-ring (bicyclic) bond motifs is 1. The molecule has 2 N–H and O–H groups in total. The van der Waals surface area contributed by atoms with Crippen LogP contribution in [0.15, 0.2) is 76.4 Å². The predicted molar refractivity (Wildman–Crippen MR) is 119 cm³/mol. The fourth-order valence-electron chi connectivity index (χ4n) is 4.41. The van der Waals surface area contributed by atoms with Gasteiger partial charge in [-0.1, -0.05) is 24.3 Å². The molecule has 2 unspecified atom stereocenters. The third-order valence-corrected chi connectivity index (χ3v) is 5.97. The summed E-state index contributed by atoms with van der Waals surface area (Å²) in [5, 5.41) is 17.9. The van der Waals surface area contributed by atoms with Crippen molar-refractivity contribution in [2.24, 2.45) is 0 Å². The molecule has 0 radical (unpaired) electrons. The Bertz CT molecular complexity index is 1230. The van der Waals surface area contributed by atoms with Crippen molar-refractivity contribution in [3.05, 3.63) is 93.4 Å². The maximum Gasteiger partial charge on any atom is 0.433 e. The minimum Gasteiger partial charge on any atom is -0.497 e. The Kier molecular flexibility index (Phi) is 4.89. The molecule has 2 aliphatic rings. The molecule has 5 rings (SSSR count). The van der Waals surface area contributed by atoms with Gasteiger partial charge in [-0.2, -0.15) is 0 Å². The van der Waals surface area contributed by atoms with Gasteiger partial charge in [0.25, 0.3) is 0 Å². The molecule has 32 heavy (non-hydrogen) atoms. The van der Waals surface area contributed by atoms with E-state index in [-0.39, 0.29) is 17.6 Å². The second kappa shape index (κ2) is 7.88. The Morgan fingerprint density at radius 2 is 1.78 bits per heavy atom. The number of hydrogen-bond donors (Lipinski definition) is 2. The van der Waals surface area contributed by atoms with E-state index in [2.05, 4.69) is 10.6 Å². The zero-order chi connectivity index (χ0) is 22.2. The number of Topliss-reactive ketones (excluding diaryl/α,β-unsaturated/α-hetero) is 1. The van der Waals surface area contributed by atoms with Gasteiger partial charge >= 0.3 is 5.88 Å². The summed E-state index contributed by atoms with van der Waals surface area (Å²) in [4.78, 5) is 24.0. The van der Waals surface area contributed by atoms with Gasteiger partial charge in [0.1, 0.15) is 22.5 Å². The third kappa shape index (κ3) is 3.49. The first-order valence-corrected chi connectivity index (χ1v) is 10.3. The highest BCUT2D eigenvalue weighted by molar-refractivity contribution is 6.01. The molecular formula is C24H21N3O5. The number of anilines is 2. The Morgan fingerprint density at radius 3 is 2.47 bits per heavy atom. The molecule has 1 aliphatic heterocycles. The van der Waals surface area contributed by atoms with E-state index in [4.69, 9.17) is 9.15 Å². The molecular weight excluding hydrogens is 410 g/mol. The Morgan fingerprint density at radius 1 is 1.03 bits per heavy atom. The average Bonchev–Trinajstić information content (AvgIpc) is 3.23. The Hall–Kier alpha value is -4.07. The number of ketones is 1. The lowest BCUT2D eigenvalue weighted by Gasteiger charge is -2.29. The van der Waals surface area contributed by atoms with Gasteiger partial charge in [0.2, 0.25) is 0 Å². The second-order valence-electron chi connectivity index (χ2n) is 7.87. The van der Waals surface area contributed by atoms with Crippen LogP contribution < -0.4 is 15.4 Å². The van der Waals surface area contributed by atoms with Crippen LogP contribution in [0.2, 0.25) is 0 Å². The molecule has 2 aromatic carbocycles. The fourth-order valence-corrected chi connectivity index (χ4v) is 4.41. The average molecular weight is 431 g/mol. The van der Waals surface area contributed by atoms with E-state index in [1.54, 1.807) is 13.2 Å². The van der Waals surface area contributed by atoms with E-state index in [0.717, 1.165) is 28.4 Å². The van der Waals surface area contributed by atoms with Gasteiger partial charge in [-0.3, -0.25) is 14.9 Å². The molecule has 1 aromatic heterocycles. The van der Waals surface area contributed by atoms with E-state index in [9.17, 15) is 14.9 Å². The topological polar surface area (TPSA) is 107 Å². The van der Waals surface area contributed by atoms with Crippen LogP contribution in [0, 0.1) is 10.1 Å². The highest BCUT2D eigenvalue weighted by Gasteiger charge is 2.37. The first-order valence-electron chi connectivity index (χ1n) is 10.3. The van der Waals surface area contributed by atoms with Gasteiger partial charge in [-0.05, 0) is 48.2 Å². The number of nitrogens with one attached hydrogen (secondary N) is 2. The molecule has 0 saturated heterocycles. The van der Waals surface area contributed by atoms with Crippen molar-refractivity contribution in [1.29, 1.82) is 0 Å². The lowest BCUT2D eigenvalue weighted by atomic mass is 9.79. The smallest absolute Gasteiger partial charge is 0.433 e. The van der Waals surface area contributed by atoms with E-state index >= 15 is 0 Å². The van der Waals surface area contributed by atoms with Crippen molar-refractivity contribution in [1.82, 2.24) is 0 Å². The quantitative estimate of drug-likeness (QED) is 0.433. The molecule has 0 bridgehead atoms. The van der Waals surface area contributed by atoms with Gasteiger partial charge in [0.05, 0.1) is 24.6 Å². The number of furan rings is 1. The van der Waals surface area contributed by atoms with Crippen LogP contribution in [-0.4, -0.2) is 17.8 Å². The molecule has 2 heterocycles. The van der Waals surface area contributed by atoms with E-state index in [0.29, 0.717) is 24.2 Å². The largest absolute Gasteiger partial charge is 0.497 e. The predicted octanol–water partition coefficient (Wildman–Crippen LogP) is 5.18. The van der Waals surface area contributed by atoms with E-state index < -0.39 is 11.0 Å². The number of nitrogens with zero attached hydrogens (tertiary/aromatic N) is 1. The number of methoxy groups -OCH3 is 1. The van der Waals surface area contributed by atoms with Gasteiger partial charge in [0.15, 0.2) is 5.78 Å². The maximum atomic E-state index is 13.4. The highest BCUT2D eigenvalue weighted by Crippen LogP contribution is 2.44. The van der Waals surface area contributed by atoms with Gasteiger partial charge in [-0.15, -0.1) is 0 Å². The van der Waals surface area contributed by atoms with Gasteiger partial charge in [0, 0.05) is 17.7 Å². The monoisotopic (exact) mass is 431 g/mol. The molecule has 2 atom stereocenters. The SMILES string of the molecule is COc1ccc(C2CC(=O)C3=C(C2)Nc2ccccc2NC3c2ccc([N+](=O)[O-])o2)cc1. The molecule has 0 spiro atoms. The van der Waals surface area contributed by atoms with Crippen molar-refractivity contribution >= 4 is 23.0 Å². The van der Waals surface area contributed by atoms with E-state index in [1.165, 1.54) is 6.07 Å². The Labute approximate surface area is 184 Å². The van der Waals surface area contributed by atoms with Crippen LogP contribution in [0.4, 0.5) is 17.3 Å². The fraction of sp³-hybridized carbons (Fsp3) is 0.208. The van der Waals surface area contributed by atoms with Crippen molar-refractivity contribution in [2.45, 2.75) is 24.8 Å². The standard InChI is InChI=1S/C24H21N3O5/c1-31-16-8-6-14(7-9-16)15-12-19-23(20(28)13-15)24(21-10-11-22(32-21)27(29)30)26-18-5-3-2-4-17(18)25-19/h2-11,15,24-26H,12-13H2,1H3. The van der Waals surface area contributed by atoms with Crippen LogP contribution in [0.1, 0.15) is 36.1 Å². The number of para-hydroxylation sites is 2.